The third kappa shape index (κ3) is 4.02. The molecule has 0 N–H and O–H groups in total. The second-order valence-corrected chi connectivity index (χ2v) is 7.98. The molecule has 1 aliphatic rings. The maximum atomic E-state index is 5.95. The highest BCUT2D eigenvalue weighted by atomic mass is 16.5. The van der Waals surface area contributed by atoms with Gasteiger partial charge in [-0.25, -0.2) is 9.97 Å². The minimum atomic E-state index is -0.0436. The maximum absolute atomic E-state index is 5.95. The van der Waals surface area contributed by atoms with E-state index in [1.165, 1.54) is 29.5 Å². The summed E-state index contributed by atoms with van der Waals surface area (Å²) in [6.07, 6.45) is 4.26. The molecule has 0 unspecified atom stereocenters. The van der Waals surface area contributed by atoms with Crippen molar-refractivity contribution in [3.05, 3.63) is 89.0 Å². The lowest BCUT2D eigenvalue weighted by molar-refractivity contribution is 0.300. The molecule has 1 aromatic heterocycles. The van der Waals surface area contributed by atoms with Gasteiger partial charge < -0.3 is 4.74 Å². The fraction of sp³-hybridized carbons (Fsp3) is 0.333. The van der Waals surface area contributed by atoms with Crippen LogP contribution in [0.1, 0.15) is 60.8 Å². The highest BCUT2D eigenvalue weighted by Gasteiger charge is 2.26. The zero-order chi connectivity index (χ0) is 18.9. The summed E-state index contributed by atoms with van der Waals surface area (Å²) in [6.45, 7) is 7.11. The van der Waals surface area contributed by atoms with Crippen molar-refractivity contribution in [1.29, 1.82) is 0 Å². The summed E-state index contributed by atoms with van der Waals surface area (Å²) >= 11 is 0. The third-order valence-electron chi connectivity index (χ3n) is 5.41. The van der Waals surface area contributed by atoms with Crippen molar-refractivity contribution in [2.75, 3.05) is 0 Å². The molecule has 0 spiro atoms. The fourth-order valence-corrected chi connectivity index (χ4v) is 3.29. The maximum Gasteiger partial charge on any atom is 0.131 e. The first-order chi connectivity index (χ1) is 13.0. The van der Waals surface area contributed by atoms with E-state index in [9.17, 15) is 0 Å². The lowest BCUT2D eigenvalue weighted by atomic mass is 9.78. The van der Waals surface area contributed by atoms with Crippen LogP contribution in [0.25, 0.3) is 0 Å². The van der Waals surface area contributed by atoms with Crippen molar-refractivity contribution in [3.63, 3.8) is 0 Å². The van der Waals surface area contributed by atoms with E-state index in [0.29, 0.717) is 12.5 Å². The number of rotatable bonds is 6. The molecule has 0 bridgehead atoms. The highest BCUT2D eigenvalue weighted by Crippen LogP contribution is 2.37. The Kier molecular flexibility index (Phi) is 4.69. The van der Waals surface area contributed by atoms with Gasteiger partial charge in [-0.15, -0.1) is 0 Å². The van der Waals surface area contributed by atoms with E-state index in [-0.39, 0.29) is 5.41 Å². The minimum absolute atomic E-state index is 0.0436. The van der Waals surface area contributed by atoms with Gasteiger partial charge in [-0.2, -0.15) is 0 Å². The molecule has 3 heteroatoms. The van der Waals surface area contributed by atoms with Crippen LogP contribution >= 0.6 is 0 Å². The number of aryl methyl sites for hydroxylation is 1. The number of nitrogens with zero attached hydrogens (tertiary/aromatic N) is 2. The molecule has 27 heavy (non-hydrogen) atoms. The summed E-state index contributed by atoms with van der Waals surface area (Å²) in [4.78, 5) is 8.98. The standard InChI is InChI=1S/C24H26N2O/c1-17-4-8-19(9-5-17)24(2,3)20-10-12-22(13-11-20)27-16-21-14-15-25-23(26-21)18-6-7-18/h4-5,8-15,18H,6-7,16H2,1-3H3. The average molecular weight is 358 g/mol. The first-order valence-electron chi connectivity index (χ1n) is 9.65. The average Bonchev–Trinajstić information content (AvgIpc) is 3.53. The van der Waals surface area contributed by atoms with Crippen LogP contribution in [-0.2, 0) is 12.0 Å². The zero-order valence-electron chi connectivity index (χ0n) is 16.3. The van der Waals surface area contributed by atoms with E-state index in [4.69, 9.17) is 4.74 Å². The summed E-state index contributed by atoms with van der Waals surface area (Å²) in [5, 5.41) is 0. The van der Waals surface area contributed by atoms with Gasteiger partial charge in [0.2, 0.25) is 0 Å². The Balaban J connectivity index is 1.44. The Labute approximate surface area is 161 Å². The van der Waals surface area contributed by atoms with Crippen molar-refractivity contribution in [2.24, 2.45) is 0 Å². The zero-order valence-corrected chi connectivity index (χ0v) is 16.3. The second kappa shape index (κ2) is 7.15. The minimum Gasteiger partial charge on any atom is -0.487 e. The topological polar surface area (TPSA) is 35.0 Å². The Morgan fingerprint density at radius 2 is 1.56 bits per heavy atom. The predicted octanol–water partition coefficient (Wildman–Crippen LogP) is 5.57. The smallest absolute Gasteiger partial charge is 0.131 e. The second-order valence-electron chi connectivity index (χ2n) is 7.98. The van der Waals surface area contributed by atoms with Crippen molar-refractivity contribution in [3.8, 4) is 5.75 Å². The Hall–Kier alpha value is -2.68. The molecule has 1 aliphatic carbocycles. The van der Waals surface area contributed by atoms with Gasteiger partial charge in [-0.05, 0) is 49.1 Å². The van der Waals surface area contributed by atoms with E-state index < -0.39 is 0 Å². The first-order valence-corrected chi connectivity index (χ1v) is 9.65. The summed E-state index contributed by atoms with van der Waals surface area (Å²) in [5.41, 5.74) is 4.77. The van der Waals surface area contributed by atoms with Gasteiger partial charge in [-0.3, -0.25) is 0 Å². The first kappa shape index (κ1) is 17.7. The quantitative estimate of drug-likeness (QED) is 0.578. The van der Waals surface area contributed by atoms with E-state index in [2.05, 4.69) is 67.1 Å². The van der Waals surface area contributed by atoms with Gasteiger partial charge >= 0.3 is 0 Å². The Morgan fingerprint density at radius 3 is 2.19 bits per heavy atom. The molecule has 0 amide bonds. The van der Waals surface area contributed by atoms with Crippen LogP contribution in [-0.4, -0.2) is 9.97 Å². The molecule has 2 aromatic carbocycles. The van der Waals surface area contributed by atoms with Gasteiger partial charge in [0.1, 0.15) is 18.2 Å². The van der Waals surface area contributed by atoms with Crippen LogP contribution in [0.2, 0.25) is 0 Å². The molecule has 0 saturated heterocycles. The molecular weight excluding hydrogens is 332 g/mol. The lowest BCUT2D eigenvalue weighted by Crippen LogP contribution is -2.18. The monoisotopic (exact) mass is 358 g/mol. The lowest BCUT2D eigenvalue weighted by Gasteiger charge is -2.26. The van der Waals surface area contributed by atoms with Gasteiger partial charge in [0.15, 0.2) is 0 Å². The summed E-state index contributed by atoms with van der Waals surface area (Å²) in [7, 11) is 0. The number of hydrogen-bond donors (Lipinski definition) is 0. The van der Waals surface area contributed by atoms with Crippen LogP contribution in [0.3, 0.4) is 0 Å². The Bertz CT molecular complexity index is 910. The van der Waals surface area contributed by atoms with E-state index in [1.807, 2.05) is 24.4 Å². The molecule has 1 saturated carbocycles. The van der Waals surface area contributed by atoms with Crippen molar-refractivity contribution < 1.29 is 4.74 Å². The largest absolute Gasteiger partial charge is 0.487 e. The summed E-state index contributed by atoms with van der Waals surface area (Å²) < 4.78 is 5.95. The van der Waals surface area contributed by atoms with Crippen LogP contribution in [0, 0.1) is 6.92 Å². The van der Waals surface area contributed by atoms with Gasteiger partial charge in [0.25, 0.3) is 0 Å². The molecule has 1 fully saturated rings. The summed E-state index contributed by atoms with van der Waals surface area (Å²) in [5.74, 6) is 2.39. The molecule has 1 heterocycles. The van der Waals surface area contributed by atoms with Crippen LogP contribution in [0.15, 0.2) is 60.8 Å². The van der Waals surface area contributed by atoms with E-state index >= 15 is 0 Å². The van der Waals surface area contributed by atoms with Gasteiger partial charge in [0.05, 0.1) is 5.69 Å². The molecular formula is C24H26N2O. The fourth-order valence-electron chi connectivity index (χ4n) is 3.29. The molecule has 0 atom stereocenters. The van der Waals surface area contributed by atoms with Crippen molar-refractivity contribution >= 4 is 0 Å². The van der Waals surface area contributed by atoms with Gasteiger partial charge in [-0.1, -0.05) is 55.8 Å². The molecule has 4 rings (SSSR count). The van der Waals surface area contributed by atoms with E-state index in [0.717, 1.165) is 17.3 Å². The van der Waals surface area contributed by atoms with Gasteiger partial charge in [0, 0.05) is 17.5 Å². The number of aromatic nitrogens is 2. The van der Waals surface area contributed by atoms with Crippen LogP contribution in [0.5, 0.6) is 5.75 Å². The molecule has 3 nitrogen and oxygen atoms in total. The number of ether oxygens (including phenoxy) is 1. The molecule has 138 valence electrons. The van der Waals surface area contributed by atoms with Crippen LogP contribution in [0.4, 0.5) is 0 Å². The Morgan fingerprint density at radius 1 is 0.926 bits per heavy atom. The van der Waals surface area contributed by atoms with Crippen molar-refractivity contribution in [1.82, 2.24) is 9.97 Å². The SMILES string of the molecule is Cc1ccc(C(C)(C)c2ccc(OCc3ccnc(C4CC4)n3)cc2)cc1. The van der Waals surface area contributed by atoms with Crippen LogP contribution < -0.4 is 4.74 Å². The predicted molar refractivity (Wildman–Crippen MR) is 108 cm³/mol. The number of hydrogen-bond acceptors (Lipinski definition) is 3. The summed E-state index contributed by atoms with van der Waals surface area (Å²) in [6, 6.07) is 19.1. The highest BCUT2D eigenvalue weighted by molar-refractivity contribution is 5.40. The van der Waals surface area contributed by atoms with Crippen molar-refractivity contribution in [2.45, 2.75) is 51.6 Å². The molecule has 0 aliphatic heterocycles. The third-order valence-corrected chi connectivity index (χ3v) is 5.41. The number of benzene rings is 2. The normalized spacial score (nSPS) is 14.2. The molecule has 0 radical (unpaired) electrons. The molecule has 3 aromatic rings. The van der Waals surface area contributed by atoms with E-state index in [1.54, 1.807) is 0 Å².